The van der Waals surface area contributed by atoms with E-state index in [-0.39, 0.29) is 23.9 Å². The van der Waals surface area contributed by atoms with Crippen LogP contribution in [0.15, 0.2) is 27.6 Å². The number of carbonyl (C=O) groups excluding carboxylic acids is 1. The summed E-state index contributed by atoms with van der Waals surface area (Å²) in [4.78, 5) is 10.8. The summed E-state index contributed by atoms with van der Waals surface area (Å²) in [6.07, 6.45) is 0. The molecule has 0 aliphatic heterocycles. The van der Waals surface area contributed by atoms with Crippen molar-refractivity contribution in [1.82, 2.24) is 10.0 Å². The second-order valence-electron chi connectivity index (χ2n) is 3.79. The number of carbonyl (C=O) groups is 1. The maximum absolute atomic E-state index is 11.9. The SMILES string of the molecule is CC(=O)NCCNS(=O)(=O)c1ccc(Br)c(C)c1. The third kappa shape index (κ3) is 4.40. The molecular formula is C11H15BrN2O3S. The molecule has 0 spiro atoms. The van der Waals surface area contributed by atoms with Crippen molar-refractivity contribution >= 4 is 31.9 Å². The predicted molar refractivity (Wildman–Crippen MR) is 72.8 cm³/mol. The van der Waals surface area contributed by atoms with E-state index in [1.807, 2.05) is 6.92 Å². The molecule has 0 saturated heterocycles. The van der Waals surface area contributed by atoms with Crippen LogP contribution in [0.4, 0.5) is 0 Å². The highest BCUT2D eigenvalue weighted by atomic mass is 79.9. The standard InChI is InChI=1S/C11H15BrN2O3S/c1-8-7-10(3-4-11(8)12)18(16,17)14-6-5-13-9(2)15/h3-4,7,14H,5-6H2,1-2H3,(H,13,15). The van der Waals surface area contributed by atoms with E-state index in [1.165, 1.54) is 13.0 Å². The van der Waals surface area contributed by atoms with Crippen LogP contribution < -0.4 is 10.0 Å². The van der Waals surface area contributed by atoms with Gasteiger partial charge in [-0.3, -0.25) is 4.79 Å². The number of hydrogen-bond donors (Lipinski definition) is 2. The number of amides is 1. The quantitative estimate of drug-likeness (QED) is 0.794. The Morgan fingerprint density at radius 3 is 2.56 bits per heavy atom. The lowest BCUT2D eigenvalue weighted by molar-refractivity contribution is -0.118. The summed E-state index contributed by atoms with van der Waals surface area (Å²) in [5.41, 5.74) is 0.847. The van der Waals surface area contributed by atoms with Gasteiger partial charge in [-0.25, -0.2) is 13.1 Å². The first kappa shape index (κ1) is 15.1. The van der Waals surface area contributed by atoms with Gasteiger partial charge in [-0.2, -0.15) is 0 Å². The van der Waals surface area contributed by atoms with E-state index in [0.717, 1.165) is 10.0 Å². The minimum Gasteiger partial charge on any atom is -0.355 e. The van der Waals surface area contributed by atoms with Crippen molar-refractivity contribution < 1.29 is 13.2 Å². The Kier molecular flexibility index (Phi) is 5.30. The van der Waals surface area contributed by atoms with Gasteiger partial charge in [0, 0.05) is 24.5 Å². The maximum atomic E-state index is 11.9. The molecule has 0 atom stereocenters. The summed E-state index contributed by atoms with van der Waals surface area (Å²) in [5.74, 6) is -0.186. The van der Waals surface area contributed by atoms with E-state index in [2.05, 4.69) is 26.0 Å². The number of aryl methyl sites for hydroxylation is 1. The van der Waals surface area contributed by atoms with Crippen LogP contribution in [0.1, 0.15) is 12.5 Å². The first-order valence-electron chi connectivity index (χ1n) is 5.33. The molecular weight excluding hydrogens is 320 g/mol. The van der Waals surface area contributed by atoms with E-state index >= 15 is 0 Å². The lowest BCUT2D eigenvalue weighted by Crippen LogP contribution is -2.33. The summed E-state index contributed by atoms with van der Waals surface area (Å²) in [6.45, 7) is 3.63. The number of nitrogens with one attached hydrogen (secondary N) is 2. The highest BCUT2D eigenvalue weighted by Crippen LogP contribution is 2.19. The Morgan fingerprint density at radius 1 is 1.33 bits per heavy atom. The summed E-state index contributed by atoms with van der Waals surface area (Å²) < 4.78 is 27.1. The molecule has 1 aromatic rings. The molecule has 100 valence electrons. The molecule has 1 aromatic carbocycles. The molecule has 7 heteroatoms. The van der Waals surface area contributed by atoms with Gasteiger partial charge in [0.1, 0.15) is 0 Å². The van der Waals surface area contributed by atoms with Crippen LogP contribution in [0.3, 0.4) is 0 Å². The number of rotatable bonds is 5. The fourth-order valence-corrected chi connectivity index (χ4v) is 2.65. The second kappa shape index (κ2) is 6.31. The fourth-order valence-electron chi connectivity index (χ4n) is 1.29. The average Bonchev–Trinajstić information content (AvgIpc) is 2.28. The van der Waals surface area contributed by atoms with Crippen LogP contribution in [-0.4, -0.2) is 27.4 Å². The van der Waals surface area contributed by atoms with Crippen LogP contribution in [-0.2, 0) is 14.8 Å². The second-order valence-corrected chi connectivity index (χ2v) is 6.41. The molecule has 0 aliphatic rings. The largest absolute Gasteiger partial charge is 0.355 e. The van der Waals surface area contributed by atoms with Crippen molar-refractivity contribution in [3.63, 3.8) is 0 Å². The van der Waals surface area contributed by atoms with Crippen molar-refractivity contribution in [3.8, 4) is 0 Å². The summed E-state index contributed by atoms with van der Waals surface area (Å²) in [5, 5.41) is 2.52. The zero-order valence-corrected chi connectivity index (χ0v) is 12.6. The normalized spacial score (nSPS) is 11.3. The summed E-state index contributed by atoms with van der Waals surface area (Å²) >= 11 is 3.31. The van der Waals surface area contributed by atoms with Gasteiger partial charge in [-0.15, -0.1) is 0 Å². The highest BCUT2D eigenvalue weighted by molar-refractivity contribution is 9.10. The number of halogens is 1. The van der Waals surface area contributed by atoms with Crippen LogP contribution >= 0.6 is 15.9 Å². The van der Waals surface area contributed by atoms with Crippen LogP contribution in [0.2, 0.25) is 0 Å². The van der Waals surface area contributed by atoms with Gasteiger partial charge in [0.2, 0.25) is 15.9 Å². The van der Waals surface area contributed by atoms with Gasteiger partial charge in [-0.05, 0) is 30.7 Å². The number of benzene rings is 1. The highest BCUT2D eigenvalue weighted by Gasteiger charge is 2.13. The molecule has 2 N–H and O–H groups in total. The van der Waals surface area contributed by atoms with Gasteiger partial charge in [0.05, 0.1) is 4.90 Å². The van der Waals surface area contributed by atoms with Crippen LogP contribution in [0, 0.1) is 6.92 Å². The Labute approximate surface area is 115 Å². The maximum Gasteiger partial charge on any atom is 0.240 e. The molecule has 1 rings (SSSR count). The van der Waals surface area contributed by atoms with Crippen molar-refractivity contribution in [2.45, 2.75) is 18.7 Å². The van der Waals surface area contributed by atoms with Gasteiger partial charge >= 0.3 is 0 Å². The van der Waals surface area contributed by atoms with Gasteiger partial charge in [0.15, 0.2) is 0 Å². The fraction of sp³-hybridized carbons (Fsp3) is 0.364. The van der Waals surface area contributed by atoms with Crippen LogP contribution in [0.25, 0.3) is 0 Å². The average molecular weight is 335 g/mol. The Hall–Kier alpha value is -0.920. The number of sulfonamides is 1. The first-order valence-corrected chi connectivity index (χ1v) is 7.61. The molecule has 5 nitrogen and oxygen atoms in total. The molecule has 0 radical (unpaired) electrons. The minimum absolute atomic E-state index is 0.164. The third-order valence-corrected chi connectivity index (χ3v) is 4.58. The van der Waals surface area contributed by atoms with E-state index in [1.54, 1.807) is 12.1 Å². The molecule has 0 aliphatic carbocycles. The van der Waals surface area contributed by atoms with Crippen molar-refractivity contribution in [2.75, 3.05) is 13.1 Å². The van der Waals surface area contributed by atoms with Gasteiger partial charge in [-0.1, -0.05) is 15.9 Å². The molecule has 0 bridgehead atoms. The third-order valence-electron chi connectivity index (χ3n) is 2.23. The van der Waals surface area contributed by atoms with E-state index in [9.17, 15) is 13.2 Å². The van der Waals surface area contributed by atoms with Gasteiger partial charge in [0.25, 0.3) is 0 Å². The molecule has 0 aromatic heterocycles. The molecule has 0 saturated carbocycles. The summed E-state index contributed by atoms with van der Waals surface area (Å²) in [6, 6.07) is 4.81. The minimum atomic E-state index is -3.52. The predicted octanol–water partition coefficient (Wildman–Crippen LogP) is 1.17. The monoisotopic (exact) mass is 334 g/mol. The van der Waals surface area contributed by atoms with Crippen molar-refractivity contribution in [3.05, 3.63) is 28.2 Å². The Bertz CT molecular complexity index is 543. The molecule has 0 heterocycles. The molecule has 0 fully saturated rings. The molecule has 1 amide bonds. The van der Waals surface area contributed by atoms with Crippen molar-refractivity contribution in [2.24, 2.45) is 0 Å². The first-order chi connectivity index (χ1) is 8.33. The van der Waals surface area contributed by atoms with E-state index < -0.39 is 10.0 Å². The topological polar surface area (TPSA) is 75.3 Å². The van der Waals surface area contributed by atoms with Crippen LogP contribution in [0.5, 0.6) is 0 Å². The zero-order chi connectivity index (χ0) is 13.8. The Balaban J connectivity index is 2.68. The Morgan fingerprint density at radius 2 is 2.00 bits per heavy atom. The van der Waals surface area contributed by atoms with E-state index in [4.69, 9.17) is 0 Å². The lowest BCUT2D eigenvalue weighted by atomic mass is 10.2. The summed E-state index contributed by atoms with van der Waals surface area (Å²) in [7, 11) is -3.52. The van der Waals surface area contributed by atoms with Crippen molar-refractivity contribution in [1.29, 1.82) is 0 Å². The zero-order valence-electron chi connectivity index (χ0n) is 10.2. The number of hydrogen-bond acceptors (Lipinski definition) is 3. The van der Waals surface area contributed by atoms with Gasteiger partial charge < -0.3 is 5.32 Å². The molecule has 18 heavy (non-hydrogen) atoms. The molecule has 0 unspecified atom stereocenters. The lowest BCUT2D eigenvalue weighted by Gasteiger charge is -2.08. The smallest absolute Gasteiger partial charge is 0.240 e. The van der Waals surface area contributed by atoms with E-state index in [0.29, 0.717) is 0 Å².